The Morgan fingerprint density at radius 2 is 2.08 bits per heavy atom. The van der Waals surface area contributed by atoms with E-state index in [0.29, 0.717) is 0 Å². The van der Waals surface area contributed by atoms with Gasteiger partial charge in [-0.05, 0) is 23.1 Å². The summed E-state index contributed by atoms with van der Waals surface area (Å²) in [5, 5.41) is 35.9. The Kier molecular flexibility index (Phi) is 6.17. The van der Waals surface area contributed by atoms with Gasteiger partial charge in [-0.3, -0.25) is 9.78 Å². The van der Waals surface area contributed by atoms with Crippen LogP contribution in [0.1, 0.15) is 31.3 Å². The first-order chi connectivity index (χ1) is 12.2. The zero-order chi connectivity index (χ0) is 19.5. The third-order valence-corrected chi connectivity index (χ3v) is 4.22. The molecular formula is C16H23N5O5. The largest absolute Gasteiger partial charge is 0.394 e. The van der Waals surface area contributed by atoms with Crippen molar-refractivity contribution < 1.29 is 24.9 Å². The lowest BCUT2D eigenvalue weighted by Crippen LogP contribution is -2.66. The minimum atomic E-state index is -1.34. The Balaban J connectivity index is 2.22. The van der Waals surface area contributed by atoms with Crippen LogP contribution in [-0.4, -0.2) is 63.3 Å². The Hall–Kier alpha value is -2.23. The van der Waals surface area contributed by atoms with E-state index in [9.17, 15) is 20.1 Å². The van der Waals surface area contributed by atoms with Crippen LogP contribution in [-0.2, 0) is 4.74 Å². The van der Waals surface area contributed by atoms with Crippen molar-refractivity contribution in [3.05, 3.63) is 34.5 Å². The number of hydrogen-bond donors (Lipinski definition) is 4. The van der Waals surface area contributed by atoms with Crippen LogP contribution >= 0.6 is 0 Å². The fourth-order valence-corrected chi connectivity index (χ4v) is 2.88. The van der Waals surface area contributed by atoms with Gasteiger partial charge in [0, 0.05) is 11.1 Å². The van der Waals surface area contributed by atoms with Gasteiger partial charge in [0.05, 0.1) is 24.4 Å². The second-order valence-corrected chi connectivity index (χ2v) is 7.22. The molecule has 1 aromatic rings. The first-order valence-corrected chi connectivity index (χ1v) is 8.13. The zero-order valence-corrected chi connectivity index (χ0v) is 14.8. The number of aliphatic hydroxyl groups is 3. The molecule has 1 aliphatic heterocycles. The van der Waals surface area contributed by atoms with Gasteiger partial charge in [0.2, 0.25) is 0 Å². The SMILES string of the molecule is CC(C)(C)[C@H]1OC(CO)[C@H](O)[C@H](O)C1NC(=O)c1ccc(N=[N+]=[N-])cn1. The van der Waals surface area contributed by atoms with E-state index in [1.165, 1.54) is 18.3 Å². The van der Waals surface area contributed by atoms with E-state index < -0.39 is 48.4 Å². The van der Waals surface area contributed by atoms with Gasteiger partial charge in [0.1, 0.15) is 24.0 Å². The summed E-state index contributed by atoms with van der Waals surface area (Å²) >= 11 is 0. The molecule has 0 aliphatic carbocycles. The molecule has 0 spiro atoms. The number of aliphatic hydroxyl groups excluding tert-OH is 3. The van der Waals surface area contributed by atoms with E-state index in [1.54, 1.807) is 0 Å². The minimum absolute atomic E-state index is 0.0560. The highest BCUT2D eigenvalue weighted by molar-refractivity contribution is 5.92. The number of ether oxygens (including phenoxy) is 1. The van der Waals surface area contributed by atoms with Gasteiger partial charge in [-0.15, -0.1) is 0 Å². The van der Waals surface area contributed by atoms with Gasteiger partial charge >= 0.3 is 0 Å². The second kappa shape index (κ2) is 7.98. The van der Waals surface area contributed by atoms with Crippen molar-refractivity contribution >= 4 is 11.6 Å². The minimum Gasteiger partial charge on any atom is -0.394 e. The number of nitrogens with zero attached hydrogens (tertiary/aromatic N) is 4. The molecule has 5 atom stereocenters. The predicted octanol–water partition coefficient (Wildman–Crippen LogP) is 0.649. The average Bonchev–Trinajstić information content (AvgIpc) is 2.59. The summed E-state index contributed by atoms with van der Waals surface area (Å²) in [4.78, 5) is 19.0. The van der Waals surface area contributed by atoms with Gasteiger partial charge < -0.3 is 25.4 Å². The quantitative estimate of drug-likeness (QED) is 0.348. The van der Waals surface area contributed by atoms with Gasteiger partial charge in [0.15, 0.2) is 0 Å². The van der Waals surface area contributed by atoms with E-state index in [4.69, 9.17) is 10.3 Å². The van der Waals surface area contributed by atoms with Crippen molar-refractivity contribution in [2.75, 3.05) is 6.61 Å². The summed E-state index contributed by atoms with van der Waals surface area (Å²) < 4.78 is 5.73. The van der Waals surface area contributed by atoms with Crippen LogP contribution in [0.5, 0.6) is 0 Å². The summed E-state index contributed by atoms with van der Waals surface area (Å²) in [6, 6.07) is 1.92. The van der Waals surface area contributed by atoms with Crippen molar-refractivity contribution in [2.24, 2.45) is 10.5 Å². The summed E-state index contributed by atoms with van der Waals surface area (Å²) in [5.74, 6) is -0.575. The van der Waals surface area contributed by atoms with E-state index in [0.717, 1.165) is 0 Å². The summed E-state index contributed by atoms with van der Waals surface area (Å²) in [7, 11) is 0. The number of rotatable bonds is 4. The first-order valence-electron chi connectivity index (χ1n) is 8.13. The highest BCUT2D eigenvalue weighted by Gasteiger charge is 2.48. The monoisotopic (exact) mass is 365 g/mol. The maximum absolute atomic E-state index is 12.5. The molecule has 10 nitrogen and oxygen atoms in total. The predicted molar refractivity (Wildman–Crippen MR) is 91.5 cm³/mol. The highest BCUT2D eigenvalue weighted by atomic mass is 16.5. The fraction of sp³-hybridized carbons (Fsp3) is 0.625. The Labute approximate surface area is 150 Å². The molecular weight excluding hydrogens is 342 g/mol. The maximum Gasteiger partial charge on any atom is 0.270 e. The molecule has 0 radical (unpaired) electrons. The van der Waals surface area contributed by atoms with Crippen molar-refractivity contribution in [3.63, 3.8) is 0 Å². The van der Waals surface area contributed by atoms with Crippen LogP contribution in [0.2, 0.25) is 0 Å². The molecule has 0 aromatic carbocycles. The van der Waals surface area contributed by atoms with E-state index in [1.807, 2.05) is 20.8 Å². The molecule has 1 aliphatic rings. The lowest BCUT2D eigenvalue weighted by atomic mass is 9.78. The maximum atomic E-state index is 12.5. The smallest absolute Gasteiger partial charge is 0.270 e. The molecule has 1 amide bonds. The van der Waals surface area contributed by atoms with Crippen LogP contribution in [0.15, 0.2) is 23.4 Å². The Bertz CT molecular complexity index is 683. The number of amides is 1. The van der Waals surface area contributed by atoms with Gasteiger partial charge in [-0.25, -0.2) is 0 Å². The number of aromatic nitrogens is 1. The fourth-order valence-electron chi connectivity index (χ4n) is 2.88. The van der Waals surface area contributed by atoms with Crippen molar-refractivity contribution in [3.8, 4) is 0 Å². The molecule has 0 bridgehead atoms. The Morgan fingerprint density at radius 1 is 1.38 bits per heavy atom. The molecule has 1 fully saturated rings. The molecule has 2 heterocycles. The molecule has 4 N–H and O–H groups in total. The third kappa shape index (κ3) is 4.29. The molecule has 142 valence electrons. The van der Waals surface area contributed by atoms with Crippen molar-refractivity contribution in [2.45, 2.75) is 51.2 Å². The number of carbonyl (C=O) groups is 1. The van der Waals surface area contributed by atoms with Crippen LogP contribution < -0.4 is 5.32 Å². The zero-order valence-electron chi connectivity index (χ0n) is 14.8. The lowest BCUT2D eigenvalue weighted by Gasteiger charge is -2.47. The number of carbonyl (C=O) groups excluding carboxylic acids is 1. The van der Waals surface area contributed by atoms with Crippen LogP contribution in [0.25, 0.3) is 10.4 Å². The summed E-state index contributed by atoms with van der Waals surface area (Å²) in [5.41, 5.74) is 8.22. The van der Waals surface area contributed by atoms with Crippen LogP contribution in [0.3, 0.4) is 0 Å². The molecule has 10 heteroatoms. The van der Waals surface area contributed by atoms with Crippen molar-refractivity contribution in [1.82, 2.24) is 10.3 Å². The standard InChI is InChI=1S/C16H23N5O5/c1-16(2,3)14-11(13(24)12(23)10(7-22)26-14)19-15(25)9-5-4-8(6-18-9)20-21-17/h4-6,10-14,22-24H,7H2,1-3H3,(H,19,25)/t10?,11?,12-,13+,14-/m0/s1. The van der Waals surface area contributed by atoms with Gasteiger partial charge in [-0.2, -0.15) is 0 Å². The van der Waals surface area contributed by atoms with Gasteiger partial charge in [0.25, 0.3) is 5.91 Å². The van der Waals surface area contributed by atoms with Crippen LogP contribution in [0, 0.1) is 5.41 Å². The average molecular weight is 365 g/mol. The van der Waals surface area contributed by atoms with Crippen molar-refractivity contribution in [1.29, 1.82) is 0 Å². The molecule has 2 unspecified atom stereocenters. The van der Waals surface area contributed by atoms with E-state index >= 15 is 0 Å². The number of azide groups is 1. The Morgan fingerprint density at radius 3 is 2.58 bits per heavy atom. The molecule has 1 aromatic heterocycles. The topological polar surface area (TPSA) is 161 Å². The highest BCUT2D eigenvalue weighted by Crippen LogP contribution is 2.33. The molecule has 0 saturated carbocycles. The third-order valence-electron chi connectivity index (χ3n) is 4.22. The number of nitrogens with one attached hydrogen (secondary N) is 1. The second-order valence-electron chi connectivity index (χ2n) is 7.22. The summed E-state index contributed by atoms with van der Waals surface area (Å²) in [6.07, 6.45) is -3.01. The normalized spacial score (nSPS) is 28.9. The molecule has 26 heavy (non-hydrogen) atoms. The number of hydrogen-bond acceptors (Lipinski definition) is 7. The van der Waals surface area contributed by atoms with E-state index in [-0.39, 0.29) is 11.4 Å². The lowest BCUT2D eigenvalue weighted by molar-refractivity contribution is -0.215. The summed E-state index contributed by atoms with van der Waals surface area (Å²) in [6.45, 7) is 5.14. The first kappa shape index (κ1) is 20.1. The number of pyridine rings is 1. The van der Waals surface area contributed by atoms with Crippen LogP contribution in [0.4, 0.5) is 5.69 Å². The van der Waals surface area contributed by atoms with Gasteiger partial charge in [-0.1, -0.05) is 25.9 Å². The molecule has 1 saturated heterocycles. The van der Waals surface area contributed by atoms with E-state index in [2.05, 4.69) is 20.3 Å². The molecule has 2 rings (SSSR count).